The predicted molar refractivity (Wildman–Crippen MR) is 111 cm³/mol. The largest absolute Gasteiger partial charge is 0.379 e. The van der Waals surface area contributed by atoms with E-state index >= 15 is 0 Å². The summed E-state index contributed by atoms with van der Waals surface area (Å²) in [7, 11) is 0. The number of nitrogens with one attached hydrogen (secondary N) is 1. The predicted octanol–water partition coefficient (Wildman–Crippen LogP) is 2.01. The number of nitrogens with zero attached hydrogens (tertiary/aromatic N) is 3. The number of thiazole rings is 1. The van der Waals surface area contributed by atoms with Crippen molar-refractivity contribution in [3.8, 4) is 10.6 Å². The van der Waals surface area contributed by atoms with Crippen LogP contribution in [0.5, 0.6) is 0 Å². The number of rotatable bonds is 5. The lowest BCUT2D eigenvalue weighted by Gasteiger charge is -2.26. The van der Waals surface area contributed by atoms with Gasteiger partial charge in [-0.25, -0.2) is 4.98 Å². The van der Waals surface area contributed by atoms with Gasteiger partial charge in [-0.15, -0.1) is 11.3 Å². The van der Waals surface area contributed by atoms with E-state index in [1.165, 1.54) is 5.56 Å². The van der Waals surface area contributed by atoms with Crippen LogP contribution in [-0.2, 0) is 22.5 Å². The van der Waals surface area contributed by atoms with Crippen LogP contribution in [0.3, 0.4) is 0 Å². The molecular formula is C21H28N4O2S. The standard InChI is InChI=1S/C21H28N4O2S/c26-20(25-7-2-5-22-6-8-25)14-19-16-28-21(23-19)18-4-1-3-17(13-18)15-24-9-11-27-12-10-24/h1,3-4,13,16,22H,2,5-12,14-15H2. The molecule has 1 N–H and O–H groups in total. The van der Waals surface area contributed by atoms with E-state index in [9.17, 15) is 4.79 Å². The third-order valence-corrected chi connectivity index (χ3v) is 6.20. The molecule has 0 bridgehead atoms. The van der Waals surface area contributed by atoms with Gasteiger partial charge in [-0.1, -0.05) is 18.2 Å². The zero-order valence-corrected chi connectivity index (χ0v) is 17.0. The Hall–Kier alpha value is -1.80. The summed E-state index contributed by atoms with van der Waals surface area (Å²) in [6.07, 6.45) is 1.41. The molecule has 2 saturated heterocycles. The number of ether oxygens (including phenoxy) is 1. The summed E-state index contributed by atoms with van der Waals surface area (Å²) < 4.78 is 5.43. The topological polar surface area (TPSA) is 57.7 Å². The highest BCUT2D eigenvalue weighted by Crippen LogP contribution is 2.25. The zero-order valence-electron chi connectivity index (χ0n) is 16.2. The molecule has 0 atom stereocenters. The van der Waals surface area contributed by atoms with E-state index < -0.39 is 0 Å². The molecule has 0 spiro atoms. The van der Waals surface area contributed by atoms with Gasteiger partial charge >= 0.3 is 0 Å². The molecule has 7 heteroatoms. The summed E-state index contributed by atoms with van der Waals surface area (Å²) in [5.41, 5.74) is 3.30. The van der Waals surface area contributed by atoms with Gasteiger partial charge in [-0.3, -0.25) is 9.69 Å². The van der Waals surface area contributed by atoms with Crippen LogP contribution in [0.15, 0.2) is 29.6 Å². The van der Waals surface area contributed by atoms with E-state index in [4.69, 9.17) is 9.72 Å². The zero-order chi connectivity index (χ0) is 19.2. The lowest BCUT2D eigenvalue weighted by molar-refractivity contribution is -0.130. The third kappa shape index (κ3) is 5.17. The summed E-state index contributed by atoms with van der Waals surface area (Å²) in [4.78, 5) is 21.7. The molecule has 2 aliphatic rings. The van der Waals surface area contributed by atoms with E-state index in [0.717, 1.165) is 81.7 Å². The molecule has 0 unspecified atom stereocenters. The van der Waals surface area contributed by atoms with E-state index in [-0.39, 0.29) is 5.91 Å². The first-order chi connectivity index (χ1) is 13.8. The summed E-state index contributed by atoms with van der Waals surface area (Å²) in [6, 6.07) is 8.60. The average molecular weight is 401 g/mol. The number of hydrogen-bond donors (Lipinski definition) is 1. The average Bonchev–Trinajstić information content (AvgIpc) is 3.01. The highest BCUT2D eigenvalue weighted by atomic mass is 32.1. The molecule has 0 saturated carbocycles. The first kappa shape index (κ1) is 19.5. The normalized spacial score (nSPS) is 18.8. The number of morpholine rings is 1. The molecule has 150 valence electrons. The molecule has 1 aromatic heterocycles. The fourth-order valence-corrected chi connectivity index (χ4v) is 4.52. The highest BCUT2D eigenvalue weighted by molar-refractivity contribution is 7.13. The number of aromatic nitrogens is 1. The van der Waals surface area contributed by atoms with Gasteiger partial charge in [0.1, 0.15) is 5.01 Å². The van der Waals surface area contributed by atoms with Crippen molar-refractivity contribution < 1.29 is 9.53 Å². The van der Waals surface area contributed by atoms with E-state index in [0.29, 0.717) is 6.42 Å². The Labute approximate surface area is 170 Å². The van der Waals surface area contributed by atoms with Crippen LogP contribution in [0, 0.1) is 0 Å². The Bertz CT molecular complexity index is 780. The minimum absolute atomic E-state index is 0.182. The molecule has 0 aliphatic carbocycles. The fourth-order valence-electron chi connectivity index (χ4n) is 3.70. The van der Waals surface area contributed by atoms with Gasteiger partial charge < -0.3 is 15.0 Å². The van der Waals surface area contributed by atoms with E-state index in [1.54, 1.807) is 11.3 Å². The van der Waals surface area contributed by atoms with Crippen LogP contribution in [0.1, 0.15) is 17.7 Å². The molecular weight excluding hydrogens is 372 g/mol. The van der Waals surface area contributed by atoms with Gasteiger partial charge in [0.2, 0.25) is 5.91 Å². The molecule has 4 rings (SSSR count). The van der Waals surface area contributed by atoms with Crippen LogP contribution >= 0.6 is 11.3 Å². The summed E-state index contributed by atoms with van der Waals surface area (Å²) in [5, 5.41) is 6.35. The molecule has 6 nitrogen and oxygen atoms in total. The smallest absolute Gasteiger partial charge is 0.228 e. The molecule has 3 heterocycles. The monoisotopic (exact) mass is 400 g/mol. The Kier molecular flexibility index (Phi) is 6.69. The summed E-state index contributed by atoms with van der Waals surface area (Å²) >= 11 is 1.62. The minimum atomic E-state index is 0.182. The quantitative estimate of drug-likeness (QED) is 0.832. The SMILES string of the molecule is O=C(Cc1csc(-c2cccc(CN3CCOCC3)c2)n1)N1CCCNCC1. The van der Waals surface area contributed by atoms with Gasteiger partial charge in [0.25, 0.3) is 0 Å². The second kappa shape index (κ2) is 9.60. The van der Waals surface area contributed by atoms with Crippen molar-refractivity contribution in [2.75, 3.05) is 52.5 Å². The lowest BCUT2D eigenvalue weighted by atomic mass is 10.1. The number of carbonyl (C=O) groups excluding carboxylic acids is 1. The number of carbonyl (C=O) groups is 1. The van der Waals surface area contributed by atoms with Gasteiger partial charge in [-0.2, -0.15) is 0 Å². The van der Waals surface area contributed by atoms with Crippen molar-refractivity contribution in [1.29, 1.82) is 0 Å². The summed E-state index contributed by atoms with van der Waals surface area (Å²) in [5.74, 6) is 0.182. The Morgan fingerprint density at radius 1 is 1.18 bits per heavy atom. The number of benzene rings is 1. The van der Waals surface area contributed by atoms with Crippen molar-refractivity contribution in [1.82, 2.24) is 20.1 Å². The van der Waals surface area contributed by atoms with Gasteiger partial charge in [0.15, 0.2) is 0 Å². The molecule has 2 fully saturated rings. The second-order valence-electron chi connectivity index (χ2n) is 7.39. The van der Waals surface area contributed by atoms with Crippen LogP contribution in [0.4, 0.5) is 0 Å². The fraction of sp³-hybridized carbons (Fsp3) is 0.524. The van der Waals surface area contributed by atoms with Crippen molar-refractivity contribution in [3.63, 3.8) is 0 Å². The molecule has 1 amide bonds. The van der Waals surface area contributed by atoms with Crippen LogP contribution in [0.25, 0.3) is 10.6 Å². The molecule has 1 aromatic carbocycles. The molecule has 0 radical (unpaired) electrons. The lowest BCUT2D eigenvalue weighted by Crippen LogP contribution is -2.35. The Balaban J connectivity index is 1.39. The Morgan fingerprint density at radius 2 is 2.07 bits per heavy atom. The summed E-state index contributed by atoms with van der Waals surface area (Å²) in [6.45, 7) is 8.05. The molecule has 2 aromatic rings. The van der Waals surface area contributed by atoms with Crippen LogP contribution in [0.2, 0.25) is 0 Å². The van der Waals surface area contributed by atoms with Crippen molar-refractivity contribution in [2.45, 2.75) is 19.4 Å². The molecule has 2 aliphatic heterocycles. The van der Waals surface area contributed by atoms with Gasteiger partial charge in [-0.05, 0) is 24.6 Å². The van der Waals surface area contributed by atoms with Crippen molar-refractivity contribution in [2.24, 2.45) is 0 Å². The van der Waals surface area contributed by atoms with E-state index in [2.05, 4.69) is 34.5 Å². The molecule has 28 heavy (non-hydrogen) atoms. The maximum atomic E-state index is 12.6. The van der Waals surface area contributed by atoms with Crippen LogP contribution < -0.4 is 5.32 Å². The minimum Gasteiger partial charge on any atom is -0.379 e. The highest BCUT2D eigenvalue weighted by Gasteiger charge is 2.17. The maximum Gasteiger partial charge on any atom is 0.228 e. The first-order valence-electron chi connectivity index (χ1n) is 10.1. The van der Waals surface area contributed by atoms with Crippen molar-refractivity contribution in [3.05, 3.63) is 40.9 Å². The van der Waals surface area contributed by atoms with E-state index in [1.807, 2.05) is 10.3 Å². The van der Waals surface area contributed by atoms with Crippen molar-refractivity contribution >= 4 is 17.2 Å². The number of hydrogen-bond acceptors (Lipinski definition) is 6. The van der Waals surface area contributed by atoms with Gasteiger partial charge in [0, 0.05) is 50.2 Å². The second-order valence-corrected chi connectivity index (χ2v) is 8.25. The van der Waals surface area contributed by atoms with Crippen LogP contribution in [-0.4, -0.2) is 73.2 Å². The third-order valence-electron chi connectivity index (χ3n) is 5.26. The van der Waals surface area contributed by atoms with Gasteiger partial charge in [0.05, 0.1) is 25.3 Å². The Morgan fingerprint density at radius 3 is 2.96 bits per heavy atom. The number of amides is 1. The maximum absolute atomic E-state index is 12.6. The first-order valence-corrected chi connectivity index (χ1v) is 11.0.